The van der Waals surface area contributed by atoms with Gasteiger partial charge in [0.15, 0.2) is 12.6 Å². The van der Waals surface area contributed by atoms with Gasteiger partial charge in [-0.2, -0.15) is 0 Å². The lowest BCUT2D eigenvalue weighted by Crippen LogP contribution is -2.44. The van der Waals surface area contributed by atoms with Gasteiger partial charge in [-0.3, -0.25) is 0 Å². The molecule has 0 amide bonds. The van der Waals surface area contributed by atoms with Crippen molar-refractivity contribution in [2.75, 3.05) is 13.2 Å². The number of aliphatic hydroxyl groups excluding tert-OH is 2. The molecule has 4 rings (SSSR count). The van der Waals surface area contributed by atoms with Crippen LogP contribution in [0.15, 0.2) is 48.5 Å². The molecule has 2 unspecified atom stereocenters. The Morgan fingerprint density at radius 1 is 0.893 bits per heavy atom. The number of aliphatic hydroxyl groups is 2. The summed E-state index contributed by atoms with van der Waals surface area (Å²) in [5.74, 6) is 0. The molecule has 0 spiro atoms. The van der Waals surface area contributed by atoms with E-state index in [1.807, 2.05) is 24.3 Å². The van der Waals surface area contributed by atoms with Crippen LogP contribution in [-0.4, -0.2) is 47.8 Å². The molecule has 2 aromatic carbocycles. The maximum atomic E-state index is 10.2. The standard InChI is InChI=1S/C20H20Cl2O6/c21-13-7-3-1-5-11(13)19-25-10-16(26-19)18-17(15(24)9-23)27-20(28-18)12-6-2-4-8-14(12)22/h1-8,15-20,23-24H,9-10H2/t15-,16+,17-,18-,19?,20?/m1/s1. The van der Waals surface area contributed by atoms with Crippen molar-refractivity contribution in [1.29, 1.82) is 0 Å². The summed E-state index contributed by atoms with van der Waals surface area (Å²) in [6.07, 6.45) is -4.54. The molecule has 0 aromatic heterocycles. The van der Waals surface area contributed by atoms with Gasteiger partial charge in [0.25, 0.3) is 0 Å². The van der Waals surface area contributed by atoms with Gasteiger partial charge >= 0.3 is 0 Å². The third kappa shape index (κ3) is 3.92. The predicted molar refractivity (Wildman–Crippen MR) is 102 cm³/mol. The summed E-state index contributed by atoms with van der Waals surface area (Å²) < 4.78 is 23.7. The van der Waals surface area contributed by atoms with Crippen LogP contribution < -0.4 is 0 Å². The van der Waals surface area contributed by atoms with Gasteiger partial charge in [0.1, 0.15) is 24.4 Å². The summed E-state index contributed by atoms with van der Waals surface area (Å²) in [5.41, 5.74) is 1.36. The minimum absolute atomic E-state index is 0.230. The minimum atomic E-state index is -1.14. The quantitative estimate of drug-likeness (QED) is 0.763. The third-order valence-electron chi connectivity index (χ3n) is 4.85. The van der Waals surface area contributed by atoms with Crippen molar-refractivity contribution in [2.45, 2.75) is 37.0 Å². The fourth-order valence-corrected chi connectivity index (χ4v) is 3.87. The number of ether oxygens (including phenoxy) is 4. The van der Waals surface area contributed by atoms with Gasteiger partial charge in [0.2, 0.25) is 0 Å². The molecule has 0 aliphatic carbocycles. The SMILES string of the molecule is OC[C@@H](O)[C@H]1OC(c2ccccc2Cl)O[C@@H]1[C@@H]1COC(c2ccccc2Cl)O1. The normalized spacial score (nSPS) is 31.2. The van der Waals surface area contributed by atoms with Gasteiger partial charge in [0.05, 0.1) is 13.2 Å². The predicted octanol–water partition coefficient (Wildman–Crippen LogP) is 3.24. The van der Waals surface area contributed by atoms with Crippen LogP contribution in [0.5, 0.6) is 0 Å². The van der Waals surface area contributed by atoms with Crippen LogP contribution in [0.4, 0.5) is 0 Å². The summed E-state index contributed by atoms with van der Waals surface area (Å²) in [5, 5.41) is 20.7. The molecule has 2 saturated heterocycles. The van der Waals surface area contributed by atoms with E-state index < -0.39 is 43.6 Å². The monoisotopic (exact) mass is 426 g/mol. The average Bonchev–Trinajstić information content (AvgIpc) is 3.35. The molecule has 6 atom stereocenters. The number of benzene rings is 2. The Hall–Kier alpha value is -1.22. The van der Waals surface area contributed by atoms with E-state index in [1.165, 1.54) is 0 Å². The first-order valence-electron chi connectivity index (χ1n) is 8.94. The number of hydrogen-bond acceptors (Lipinski definition) is 6. The Labute approximate surface area is 172 Å². The molecule has 2 aliphatic rings. The minimum Gasteiger partial charge on any atom is -0.394 e. The largest absolute Gasteiger partial charge is 0.394 e. The van der Waals surface area contributed by atoms with Gasteiger partial charge in [-0.25, -0.2) is 0 Å². The van der Waals surface area contributed by atoms with Crippen LogP contribution in [0.2, 0.25) is 10.0 Å². The van der Waals surface area contributed by atoms with Crippen LogP contribution in [0.1, 0.15) is 23.7 Å². The molecule has 0 radical (unpaired) electrons. The number of halogens is 2. The zero-order chi connectivity index (χ0) is 19.7. The van der Waals surface area contributed by atoms with Crippen molar-refractivity contribution < 1.29 is 29.2 Å². The average molecular weight is 427 g/mol. The first kappa shape index (κ1) is 20.1. The Balaban J connectivity index is 1.53. The number of hydrogen-bond donors (Lipinski definition) is 2. The van der Waals surface area contributed by atoms with E-state index in [1.54, 1.807) is 24.3 Å². The highest BCUT2D eigenvalue weighted by molar-refractivity contribution is 6.31. The van der Waals surface area contributed by atoms with Crippen molar-refractivity contribution in [3.63, 3.8) is 0 Å². The lowest BCUT2D eigenvalue weighted by molar-refractivity contribution is -0.107. The van der Waals surface area contributed by atoms with Crippen LogP contribution in [-0.2, 0) is 18.9 Å². The molecular formula is C20H20Cl2O6. The third-order valence-corrected chi connectivity index (χ3v) is 5.53. The van der Waals surface area contributed by atoms with Crippen LogP contribution in [0.25, 0.3) is 0 Å². The van der Waals surface area contributed by atoms with Crippen LogP contribution in [0, 0.1) is 0 Å². The lowest BCUT2D eigenvalue weighted by atomic mass is 10.0. The molecule has 8 heteroatoms. The fourth-order valence-electron chi connectivity index (χ4n) is 3.42. The van der Waals surface area contributed by atoms with E-state index in [0.717, 1.165) is 0 Å². The van der Waals surface area contributed by atoms with Gasteiger partial charge in [-0.05, 0) is 12.1 Å². The maximum Gasteiger partial charge on any atom is 0.186 e. The molecule has 0 saturated carbocycles. The molecular weight excluding hydrogens is 407 g/mol. The van der Waals surface area contributed by atoms with E-state index in [-0.39, 0.29) is 6.61 Å². The van der Waals surface area contributed by atoms with Gasteiger partial charge in [-0.15, -0.1) is 0 Å². The van der Waals surface area contributed by atoms with Crippen molar-refractivity contribution in [2.24, 2.45) is 0 Å². The first-order chi connectivity index (χ1) is 13.6. The van der Waals surface area contributed by atoms with Crippen molar-refractivity contribution >= 4 is 23.2 Å². The molecule has 2 aromatic rings. The topological polar surface area (TPSA) is 77.4 Å². The lowest BCUT2D eigenvalue weighted by Gasteiger charge is -2.24. The summed E-state index contributed by atoms with van der Waals surface area (Å²) in [6.45, 7) is -0.241. The molecule has 0 bridgehead atoms. The van der Waals surface area contributed by atoms with E-state index in [2.05, 4.69) is 0 Å². The van der Waals surface area contributed by atoms with Crippen molar-refractivity contribution in [3.8, 4) is 0 Å². The zero-order valence-electron chi connectivity index (χ0n) is 14.8. The summed E-state index contributed by atoms with van der Waals surface area (Å²) in [6, 6.07) is 14.4. The molecule has 2 heterocycles. The molecule has 2 fully saturated rings. The molecule has 150 valence electrons. The second-order valence-electron chi connectivity index (χ2n) is 6.67. The van der Waals surface area contributed by atoms with E-state index >= 15 is 0 Å². The highest BCUT2D eigenvalue weighted by atomic mass is 35.5. The van der Waals surface area contributed by atoms with Gasteiger partial charge in [-0.1, -0.05) is 59.6 Å². The summed E-state index contributed by atoms with van der Waals surface area (Å²) in [4.78, 5) is 0. The Morgan fingerprint density at radius 3 is 2.11 bits per heavy atom. The highest BCUT2D eigenvalue weighted by Gasteiger charge is 2.48. The van der Waals surface area contributed by atoms with Gasteiger partial charge < -0.3 is 29.2 Å². The Kier molecular flexibility index (Phi) is 6.20. The van der Waals surface area contributed by atoms with Crippen molar-refractivity contribution in [3.05, 3.63) is 69.7 Å². The Bertz CT molecular complexity index is 819. The molecule has 28 heavy (non-hydrogen) atoms. The van der Waals surface area contributed by atoms with Gasteiger partial charge in [0, 0.05) is 21.2 Å². The van der Waals surface area contributed by atoms with Crippen LogP contribution in [0.3, 0.4) is 0 Å². The van der Waals surface area contributed by atoms with E-state index in [0.29, 0.717) is 21.2 Å². The van der Waals surface area contributed by atoms with Crippen molar-refractivity contribution in [1.82, 2.24) is 0 Å². The van der Waals surface area contributed by atoms with E-state index in [9.17, 15) is 10.2 Å². The second kappa shape index (κ2) is 8.65. The molecule has 6 nitrogen and oxygen atoms in total. The first-order valence-corrected chi connectivity index (χ1v) is 9.70. The highest BCUT2D eigenvalue weighted by Crippen LogP contribution is 2.41. The second-order valence-corrected chi connectivity index (χ2v) is 7.48. The fraction of sp³-hybridized carbons (Fsp3) is 0.400. The van der Waals surface area contributed by atoms with E-state index in [4.69, 9.17) is 42.1 Å². The molecule has 2 N–H and O–H groups in total. The number of rotatable bonds is 5. The zero-order valence-corrected chi connectivity index (χ0v) is 16.3. The summed E-state index contributed by atoms with van der Waals surface area (Å²) >= 11 is 12.5. The summed E-state index contributed by atoms with van der Waals surface area (Å²) in [7, 11) is 0. The maximum absolute atomic E-state index is 10.2. The van der Waals surface area contributed by atoms with Crippen LogP contribution >= 0.6 is 23.2 Å². The smallest absolute Gasteiger partial charge is 0.186 e. The molecule has 2 aliphatic heterocycles. The Morgan fingerprint density at radius 2 is 1.50 bits per heavy atom.